The molecule has 21 heavy (non-hydrogen) atoms. The molecule has 2 fully saturated rings. The van der Waals surface area contributed by atoms with Gasteiger partial charge in [0.05, 0.1) is 0 Å². The van der Waals surface area contributed by atoms with Crippen LogP contribution in [0.25, 0.3) is 0 Å². The summed E-state index contributed by atoms with van der Waals surface area (Å²) in [5.41, 5.74) is -1.59. The third kappa shape index (κ3) is 2.05. The van der Waals surface area contributed by atoms with Gasteiger partial charge in [-0.05, 0) is 18.8 Å². The highest BCUT2D eigenvalue weighted by atomic mass is 19.4. The molecule has 1 unspecified atom stereocenters. The average molecular weight is 302 g/mol. The van der Waals surface area contributed by atoms with E-state index in [0.29, 0.717) is 6.54 Å². The molecule has 3 rings (SSSR count). The number of carbonyl (C=O) groups is 1. The summed E-state index contributed by atoms with van der Waals surface area (Å²) in [6.07, 6.45) is -0.643. The predicted molar refractivity (Wildman–Crippen MR) is 67.5 cm³/mol. The van der Waals surface area contributed by atoms with Gasteiger partial charge in [0.25, 0.3) is 5.91 Å². The largest absolute Gasteiger partial charge is 0.437 e. The van der Waals surface area contributed by atoms with Crippen LogP contribution in [-0.2, 0) is 6.18 Å². The van der Waals surface area contributed by atoms with E-state index in [1.165, 1.54) is 0 Å². The number of amides is 1. The van der Waals surface area contributed by atoms with Crippen LogP contribution in [0.5, 0.6) is 0 Å². The first-order valence-electron chi connectivity index (χ1n) is 7.09. The molecule has 1 aromatic heterocycles. The molecule has 1 spiro atoms. The summed E-state index contributed by atoms with van der Waals surface area (Å²) in [5.74, 6) is -0.406. The second kappa shape index (κ2) is 4.48. The van der Waals surface area contributed by atoms with Crippen molar-refractivity contribution in [3.63, 3.8) is 0 Å². The van der Waals surface area contributed by atoms with Gasteiger partial charge >= 0.3 is 6.18 Å². The molecule has 2 heterocycles. The molecular weight excluding hydrogens is 285 g/mol. The predicted octanol–water partition coefficient (Wildman–Crippen LogP) is 3.34. The van der Waals surface area contributed by atoms with Crippen molar-refractivity contribution in [2.45, 2.75) is 45.3 Å². The van der Waals surface area contributed by atoms with E-state index in [4.69, 9.17) is 0 Å². The molecule has 7 heteroatoms. The zero-order valence-corrected chi connectivity index (χ0v) is 11.9. The SMILES string of the molecule is CC(C)C1N(C(=O)c2conc2C(F)(F)F)CC12CCC2. The number of aromatic nitrogens is 1. The summed E-state index contributed by atoms with van der Waals surface area (Å²) in [5, 5.41) is 2.94. The highest BCUT2D eigenvalue weighted by Crippen LogP contribution is 2.55. The van der Waals surface area contributed by atoms with E-state index >= 15 is 0 Å². The van der Waals surface area contributed by atoms with Crippen LogP contribution in [-0.4, -0.2) is 28.6 Å². The van der Waals surface area contributed by atoms with Gasteiger partial charge in [-0.25, -0.2) is 0 Å². The van der Waals surface area contributed by atoms with Crippen LogP contribution in [0.1, 0.15) is 49.2 Å². The fraction of sp³-hybridized carbons (Fsp3) is 0.714. The Labute approximate surface area is 120 Å². The van der Waals surface area contributed by atoms with Gasteiger partial charge in [-0.1, -0.05) is 25.4 Å². The van der Waals surface area contributed by atoms with Crippen molar-refractivity contribution in [3.8, 4) is 0 Å². The molecule has 1 amide bonds. The Morgan fingerprint density at radius 2 is 2.14 bits per heavy atom. The fourth-order valence-corrected chi connectivity index (χ4v) is 3.85. The molecule has 1 saturated heterocycles. The first kappa shape index (κ1) is 14.4. The first-order chi connectivity index (χ1) is 9.76. The minimum absolute atomic E-state index is 0.00901. The van der Waals surface area contributed by atoms with Gasteiger partial charge < -0.3 is 9.42 Å². The Hall–Kier alpha value is -1.53. The van der Waals surface area contributed by atoms with Crippen molar-refractivity contribution in [3.05, 3.63) is 17.5 Å². The van der Waals surface area contributed by atoms with E-state index in [9.17, 15) is 18.0 Å². The molecule has 0 aromatic carbocycles. The van der Waals surface area contributed by atoms with Crippen LogP contribution in [0.15, 0.2) is 10.8 Å². The van der Waals surface area contributed by atoms with Gasteiger partial charge in [-0.3, -0.25) is 4.79 Å². The number of halogens is 3. The molecule has 2 aliphatic rings. The number of hydrogen-bond donors (Lipinski definition) is 0. The van der Waals surface area contributed by atoms with E-state index in [1.54, 1.807) is 4.90 Å². The second-order valence-corrected chi connectivity index (χ2v) is 6.41. The number of carbonyl (C=O) groups excluding carboxylic acids is 1. The lowest BCUT2D eigenvalue weighted by atomic mass is 9.55. The highest BCUT2D eigenvalue weighted by Gasteiger charge is 2.59. The van der Waals surface area contributed by atoms with Gasteiger partial charge in [0.1, 0.15) is 11.8 Å². The lowest BCUT2D eigenvalue weighted by Crippen LogP contribution is -2.70. The Kier molecular flexibility index (Phi) is 3.07. The summed E-state index contributed by atoms with van der Waals surface area (Å²) in [4.78, 5) is 14.0. The van der Waals surface area contributed by atoms with E-state index in [0.717, 1.165) is 25.5 Å². The quantitative estimate of drug-likeness (QED) is 0.841. The van der Waals surface area contributed by atoms with Crippen LogP contribution < -0.4 is 0 Å². The Balaban J connectivity index is 1.85. The summed E-state index contributed by atoms with van der Waals surface area (Å²) >= 11 is 0. The zero-order chi connectivity index (χ0) is 15.4. The molecule has 1 aliphatic carbocycles. The van der Waals surface area contributed by atoms with Crippen LogP contribution in [0.4, 0.5) is 13.2 Å². The summed E-state index contributed by atoms with van der Waals surface area (Å²) in [6.45, 7) is 4.54. The minimum atomic E-state index is -4.68. The van der Waals surface area contributed by atoms with Crippen LogP contribution >= 0.6 is 0 Å². The molecule has 0 bridgehead atoms. The third-order valence-corrected chi connectivity index (χ3v) is 4.76. The van der Waals surface area contributed by atoms with Crippen LogP contribution in [0, 0.1) is 11.3 Å². The van der Waals surface area contributed by atoms with Gasteiger partial charge in [-0.15, -0.1) is 0 Å². The van der Waals surface area contributed by atoms with Crippen molar-refractivity contribution in [2.24, 2.45) is 11.3 Å². The van der Waals surface area contributed by atoms with E-state index in [-0.39, 0.29) is 17.4 Å². The van der Waals surface area contributed by atoms with E-state index < -0.39 is 23.3 Å². The van der Waals surface area contributed by atoms with Gasteiger partial charge in [0.2, 0.25) is 0 Å². The number of rotatable bonds is 2. The molecule has 1 atom stereocenters. The van der Waals surface area contributed by atoms with Gasteiger partial charge in [-0.2, -0.15) is 13.2 Å². The lowest BCUT2D eigenvalue weighted by molar-refractivity contribution is -0.144. The minimum Gasteiger partial charge on any atom is -0.363 e. The summed E-state index contributed by atoms with van der Waals surface area (Å²) in [6, 6.07) is 0.00901. The van der Waals surface area contributed by atoms with Crippen molar-refractivity contribution in [1.29, 1.82) is 0 Å². The fourth-order valence-electron chi connectivity index (χ4n) is 3.85. The van der Waals surface area contributed by atoms with E-state index in [1.807, 2.05) is 13.8 Å². The maximum Gasteiger partial charge on any atom is 0.437 e. The monoisotopic (exact) mass is 302 g/mol. The summed E-state index contributed by atoms with van der Waals surface area (Å²) in [7, 11) is 0. The van der Waals surface area contributed by atoms with Crippen LogP contribution in [0.2, 0.25) is 0 Å². The topological polar surface area (TPSA) is 46.3 Å². The average Bonchev–Trinajstić information content (AvgIpc) is 2.72. The third-order valence-electron chi connectivity index (χ3n) is 4.76. The Morgan fingerprint density at radius 1 is 1.48 bits per heavy atom. The van der Waals surface area contributed by atoms with Crippen molar-refractivity contribution >= 4 is 5.91 Å². The highest BCUT2D eigenvalue weighted by molar-refractivity contribution is 5.96. The number of likely N-dealkylation sites (tertiary alicyclic amines) is 1. The van der Waals surface area contributed by atoms with E-state index in [2.05, 4.69) is 9.68 Å². The molecule has 0 N–H and O–H groups in total. The lowest BCUT2D eigenvalue weighted by Gasteiger charge is -2.64. The normalized spacial score (nSPS) is 24.1. The number of nitrogens with zero attached hydrogens (tertiary/aromatic N) is 2. The molecule has 0 radical (unpaired) electrons. The first-order valence-corrected chi connectivity index (χ1v) is 7.09. The van der Waals surface area contributed by atoms with Gasteiger partial charge in [0, 0.05) is 18.0 Å². The van der Waals surface area contributed by atoms with Gasteiger partial charge in [0.15, 0.2) is 5.69 Å². The Morgan fingerprint density at radius 3 is 2.62 bits per heavy atom. The Bertz CT molecular complexity index is 561. The van der Waals surface area contributed by atoms with Crippen molar-refractivity contribution in [2.75, 3.05) is 6.54 Å². The van der Waals surface area contributed by atoms with Crippen molar-refractivity contribution in [1.82, 2.24) is 10.1 Å². The zero-order valence-electron chi connectivity index (χ0n) is 11.9. The summed E-state index contributed by atoms with van der Waals surface area (Å²) < 4.78 is 42.8. The van der Waals surface area contributed by atoms with Crippen LogP contribution in [0.3, 0.4) is 0 Å². The molecule has 1 aliphatic heterocycles. The standard InChI is InChI=1S/C14H17F3N2O2/c1-8(2)11-13(4-3-5-13)7-19(11)12(20)9-6-21-18-10(9)14(15,16)17/h6,8,11H,3-5,7H2,1-2H3. The van der Waals surface area contributed by atoms with Crippen molar-refractivity contribution < 1.29 is 22.5 Å². The number of alkyl halides is 3. The maximum absolute atomic E-state index is 12.8. The smallest absolute Gasteiger partial charge is 0.363 e. The molecule has 4 nitrogen and oxygen atoms in total. The molecular formula is C14H17F3N2O2. The molecule has 116 valence electrons. The maximum atomic E-state index is 12.8. The molecule has 1 saturated carbocycles. The molecule has 1 aromatic rings. The second-order valence-electron chi connectivity index (χ2n) is 6.41. The number of hydrogen-bond acceptors (Lipinski definition) is 3.